The van der Waals surface area contributed by atoms with Crippen LogP contribution in [0.1, 0.15) is 41.0 Å². The Balaban J connectivity index is 2.71. The molecule has 0 saturated carbocycles. The summed E-state index contributed by atoms with van der Waals surface area (Å²) >= 11 is 0. The SMILES string of the molecule is CCC1(C)CNCC(C)(C(C)C)O1. The number of hydrogen-bond donors (Lipinski definition) is 1. The van der Waals surface area contributed by atoms with Gasteiger partial charge >= 0.3 is 0 Å². The van der Waals surface area contributed by atoms with Gasteiger partial charge in [0.1, 0.15) is 0 Å². The number of rotatable bonds is 2. The van der Waals surface area contributed by atoms with Crippen molar-refractivity contribution < 1.29 is 4.74 Å². The van der Waals surface area contributed by atoms with Crippen molar-refractivity contribution in [2.45, 2.75) is 52.2 Å². The third-order valence-electron chi connectivity index (χ3n) is 3.42. The van der Waals surface area contributed by atoms with Crippen molar-refractivity contribution in [2.24, 2.45) is 5.92 Å². The van der Waals surface area contributed by atoms with Crippen molar-refractivity contribution in [1.82, 2.24) is 5.32 Å². The average Bonchev–Trinajstić information content (AvgIpc) is 2.04. The molecule has 13 heavy (non-hydrogen) atoms. The number of hydrogen-bond acceptors (Lipinski definition) is 2. The molecule has 0 spiro atoms. The Kier molecular flexibility index (Phi) is 3.03. The molecule has 1 rings (SSSR count). The third-order valence-corrected chi connectivity index (χ3v) is 3.42. The maximum atomic E-state index is 6.21. The Morgan fingerprint density at radius 3 is 2.38 bits per heavy atom. The van der Waals surface area contributed by atoms with Gasteiger partial charge in [-0.3, -0.25) is 0 Å². The van der Waals surface area contributed by atoms with E-state index in [1.54, 1.807) is 0 Å². The fraction of sp³-hybridized carbons (Fsp3) is 1.00. The second-order valence-electron chi connectivity index (χ2n) is 4.98. The predicted octanol–water partition coefficient (Wildman–Crippen LogP) is 2.19. The van der Waals surface area contributed by atoms with Gasteiger partial charge in [0.2, 0.25) is 0 Å². The van der Waals surface area contributed by atoms with E-state index in [-0.39, 0.29) is 11.2 Å². The number of morpholine rings is 1. The molecular formula is C11H23NO. The van der Waals surface area contributed by atoms with Crippen LogP contribution in [0, 0.1) is 5.92 Å². The van der Waals surface area contributed by atoms with Crippen LogP contribution in [-0.2, 0) is 4.74 Å². The van der Waals surface area contributed by atoms with E-state index in [9.17, 15) is 0 Å². The maximum absolute atomic E-state index is 6.21. The summed E-state index contributed by atoms with van der Waals surface area (Å²) in [4.78, 5) is 0. The van der Waals surface area contributed by atoms with Crippen LogP contribution in [0.4, 0.5) is 0 Å². The van der Waals surface area contributed by atoms with Crippen molar-refractivity contribution in [2.75, 3.05) is 13.1 Å². The molecule has 2 atom stereocenters. The minimum absolute atomic E-state index is 0.00299. The van der Waals surface area contributed by atoms with E-state index in [2.05, 4.69) is 39.9 Å². The molecule has 1 heterocycles. The molecule has 1 N–H and O–H groups in total. The smallest absolute Gasteiger partial charge is 0.0809 e. The van der Waals surface area contributed by atoms with Gasteiger partial charge in [0.15, 0.2) is 0 Å². The third kappa shape index (κ3) is 2.23. The van der Waals surface area contributed by atoms with Crippen molar-refractivity contribution in [3.05, 3.63) is 0 Å². The second kappa shape index (κ2) is 3.58. The van der Waals surface area contributed by atoms with Crippen LogP contribution in [0.25, 0.3) is 0 Å². The molecule has 0 bridgehead atoms. The Bertz CT molecular complexity index is 181. The highest BCUT2D eigenvalue weighted by Crippen LogP contribution is 2.31. The molecule has 1 saturated heterocycles. The van der Waals surface area contributed by atoms with E-state index < -0.39 is 0 Å². The van der Waals surface area contributed by atoms with Gasteiger partial charge in [-0.25, -0.2) is 0 Å². The van der Waals surface area contributed by atoms with Gasteiger partial charge in [-0.1, -0.05) is 20.8 Å². The first-order valence-electron chi connectivity index (χ1n) is 5.33. The molecule has 0 aromatic rings. The van der Waals surface area contributed by atoms with E-state index in [1.165, 1.54) is 0 Å². The molecule has 2 heteroatoms. The molecule has 2 nitrogen and oxygen atoms in total. The van der Waals surface area contributed by atoms with Crippen molar-refractivity contribution >= 4 is 0 Å². The van der Waals surface area contributed by atoms with Crippen LogP contribution in [0.3, 0.4) is 0 Å². The zero-order valence-corrected chi connectivity index (χ0v) is 9.61. The van der Waals surface area contributed by atoms with Crippen LogP contribution in [0.5, 0.6) is 0 Å². The standard InChI is InChI=1S/C11H23NO/c1-6-10(4)7-12-8-11(5,13-10)9(2)3/h9,12H,6-8H2,1-5H3. The van der Waals surface area contributed by atoms with Gasteiger partial charge in [0, 0.05) is 13.1 Å². The lowest BCUT2D eigenvalue weighted by Gasteiger charge is -2.47. The topological polar surface area (TPSA) is 21.3 Å². The van der Waals surface area contributed by atoms with Crippen LogP contribution in [0.2, 0.25) is 0 Å². The minimum Gasteiger partial charge on any atom is -0.366 e. The average molecular weight is 185 g/mol. The summed E-state index contributed by atoms with van der Waals surface area (Å²) in [5.74, 6) is 0.561. The van der Waals surface area contributed by atoms with E-state index in [0.29, 0.717) is 5.92 Å². The summed E-state index contributed by atoms with van der Waals surface area (Å²) < 4.78 is 6.21. The van der Waals surface area contributed by atoms with Gasteiger partial charge in [-0.05, 0) is 26.2 Å². The van der Waals surface area contributed by atoms with Gasteiger partial charge < -0.3 is 10.1 Å². The Morgan fingerprint density at radius 2 is 1.92 bits per heavy atom. The van der Waals surface area contributed by atoms with E-state index in [4.69, 9.17) is 4.74 Å². The first kappa shape index (κ1) is 11.0. The van der Waals surface area contributed by atoms with Gasteiger partial charge in [-0.2, -0.15) is 0 Å². The maximum Gasteiger partial charge on any atom is 0.0809 e. The highest BCUT2D eigenvalue weighted by molar-refractivity contribution is 4.93. The summed E-state index contributed by atoms with van der Waals surface area (Å²) in [5.41, 5.74) is 0.0281. The van der Waals surface area contributed by atoms with Gasteiger partial charge in [0.25, 0.3) is 0 Å². The highest BCUT2D eigenvalue weighted by Gasteiger charge is 2.40. The number of nitrogens with one attached hydrogen (secondary N) is 1. The predicted molar refractivity (Wildman–Crippen MR) is 55.9 cm³/mol. The molecule has 1 fully saturated rings. The van der Waals surface area contributed by atoms with Gasteiger partial charge in [0.05, 0.1) is 11.2 Å². The molecule has 0 radical (unpaired) electrons. The first-order valence-corrected chi connectivity index (χ1v) is 5.33. The second-order valence-corrected chi connectivity index (χ2v) is 4.98. The lowest BCUT2D eigenvalue weighted by molar-refractivity contribution is -0.181. The Hall–Kier alpha value is -0.0800. The summed E-state index contributed by atoms with van der Waals surface area (Å²) in [7, 11) is 0. The molecule has 1 aliphatic heterocycles. The highest BCUT2D eigenvalue weighted by atomic mass is 16.5. The monoisotopic (exact) mass is 185 g/mol. The molecule has 0 aliphatic carbocycles. The van der Waals surface area contributed by atoms with Crippen LogP contribution in [-0.4, -0.2) is 24.3 Å². The summed E-state index contributed by atoms with van der Waals surface area (Å²) in [5, 5.41) is 3.47. The molecule has 0 amide bonds. The van der Waals surface area contributed by atoms with Crippen LogP contribution >= 0.6 is 0 Å². The molecule has 0 aromatic heterocycles. The summed E-state index contributed by atoms with van der Waals surface area (Å²) in [6, 6.07) is 0. The molecule has 1 aliphatic rings. The normalized spacial score (nSPS) is 41.1. The van der Waals surface area contributed by atoms with Crippen LogP contribution in [0.15, 0.2) is 0 Å². The van der Waals surface area contributed by atoms with Crippen molar-refractivity contribution in [1.29, 1.82) is 0 Å². The first-order chi connectivity index (χ1) is 5.92. The summed E-state index contributed by atoms with van der Waals surface area (Å²) in [6.45, 7) is 13.0. The van der Waals surface area contributed by atoms with E-state index >= 15 is 0 Å². The van der Waals surface area contributed by atoms with Crippen molar-refractivity contribution in [3.63, 3.8) is 0 Å². The van der Waals surface area contributed by atoms with Crippen LogP contribution < -0.4 is 5.32 Å². The fourth-order valence-electron chi connectivity index (χ4n) is 1.73. The molecular weight excluding hydrogens is 162 g/mol. The largest absolute Gasteiger partial charge is 0.366 e. The van der Waals surface area contributed by atoms with Gasteiger partial charge in [-0.15, -0.1) is 0 Å². The summed E-state index contributed by atoms with van der Waals surface area (Å²) in [6.07, 6.45) is 1.07. The van der Waals surface area contributed by atoms with Crippen molar-refractivity contribution in [3.8, 4) is 0 Å². The Labute approximate surface area is 82.0 Å². The number of ether oxygens (including phenoxy) is 1. The lowest BCUT2D eigenvalue weighted by Crippen LogP contribution is -2.59. The molecule has 0 aromatic carbocycles. The zero-order valence-electron chi connectivity index (χ0n) is 9.61. The zero-order chi connectivity index (χ0) is 10.1. The minimum atomic E-state index is 0.00299. The quantitative estimate of drug-likeness (QED) is 0.712. The van der Waals surface area contributed by atoms with E-state index in [1.807, 2.05) is 0 Å². The molecule has 2 unspecified atom stereocenters. The van der Waals surface area contributed by atoms with E-state index in [0.717, 1.165) is 19.5 Å². The molecule has 78 valence electrons. The Morgan fingerprint density at radius 1 is 1.31 bits per heavy atom. The lowest BCUT2D eigenvalue weighted by atomic mass is 9.87. The fourth-order valence-corrected chi connectivity index (χ4v) is 1.73.